The van der Waals surface area contributed by atoms with Gasteiger partial charge >= 0.3 is 6.18 Å². The highest BCUT2D eigenvalue weighted by Gasteiger charge is 2.33. The number of benzene rings is 1. The zero-order chi connectivity index (χ0) is 24.2. The van der Waals surface area contributed by atoms with Crippen LogP contribution in [0, 0.1) is 5.92 Å². The molecule has 0 bridgehead atoms. The highest BCUT2D eigenvalue weighted by atomic mass is 19.4. The molecule has 1 aromatic carbocycles. The number of hydrogen-bond donors (Lipinski definition) is 3. The Morgan fingerprint density at radius 2 is 2.06 bits per heavy atom. The van der Waals surface area contributed by atoms with Crippen molar-refractivity contribution in [1.82, 2.24) is 20.4 Å². The van der Waals surface area contributed by atoms with Gasteiger partial charge in [-0.1, -0.05) is 19.8 Å². The van der Waals surface area contributed by atoms with Crippen LogP contribution in [0.5, 0.6) is 0 Å². The van der Waals surface area contributed by atoms with Crippen molar-refractivity contribution >= 4 is 22.6 Å². The van der Waals surface area contributed by atoms with Crippen molar-refractivity contribution < 1.29 is 18.0 Å². The maximum absolute atomic E-state index is 13.1. The molecule has 1 aliphatic rings. The minimum Gasteiger partial charge on any atom is -0.359 e. The molecule has 3 atom stereocenters. The molecule has 3 N–H and O–H groups in total. The number of hydrogen-bond acceptors (Lipinski definition) is 4. The van der Waals surface area contributed by atoms with Crippen LogP contribution in [0.15, 0.2) is 18.2 Å². The Hall–Kier alpha value is -2.29. The van der Waals surface area contributed by atoms with E-state index in [2.05, 4.69) is 53.5 Å². The fraction of sp³-hybridized carbons (Fsp3) is 0.667. The van der Waals surface area contributed by atoms with Gasteiger partial charge in [0.1, 0.15) is 0 Å². The van der Waals surface area contributed by atoms with Crippen molar-refractivity contribution in [3.05, 3.63) is 23.8 Å². The number of unbranched alkanes of at least 4 members (excludes halogenated alkanes) is 1. The average molecular weight is 468 g/mol. The van der Waals surface area contributed by atoms with E-state index in [0.29, 0.717) is 28.9 Å². The van der Waals surface area contributed by atoms with Gasteiger partial charge in [-0.05, 0) is 70.7 Å². The summed E-state index contributed by atoms with van der Waals surface area (Å²) >= 11 is 0. The summed E-state index contributed by atoms with van der Waals surface area (Å²) in [4.78, 5) is 15.1. The van der Waals surface area contributed by atoms with E-state index in [-0.39, 0.29) is 24.3 Å². The van der Waals surface area contributed by atoms with Crippen LogP contribution in [-0.4, -0.2) is 52.7 Å². The van der Waals surface area contributed by atoms with Gasteiger partial charge in [0, 0.05) is 23.5 Å². The Morgan fingerprint density at radius 3 is 2.73 bits per heavy atom. The molecule has 1 aliphatic carbocycles. The van der Waals surface area contributed by atoms with Crippen molar-refractivity contribution in [2.75, 3.05) is 18.9 Å². The molecule has 0 radical (unpaired) electrons. The predicted molar refractivity (Wildman–Crippen MR) is 125 cm³/mol. The molecule has 0 spiro atoms. The quantitative estimate of drug-likeness (QED) is 0.475. The lowest BCUT2D eigenvalue weighted by molar-refractivity contribution is -0.137. The number of alkyl halides is 3. The molecule has 2 aromatic rings. The lowest BCUT2D eigenvalue weighted by atomic mass is 9.78. The third-order valence-electron chi connectivity index (χ3n) is 6.93. The van der Waals surface area contributed by atoms with Gasteiger partial charge in [-0.15, -0.1) is 0 Å². The number of nitrogens with one attached hydrogen (secondary N) is 3. The molecule has 1 heterocycles. The molecule has 184 valence electrons. The molecular weight excluding hydrogens is 431 g/mol. The maximum Gasteiger partial charge on any atom is 0.416 e. The minimum atomic E-state index is -4.43. The molecule has 33 heavy (non-hydrogen) atoms. The number of carbonyl (C=O) groups is 1. The topological polar surface area (TPSA) is 73.1 Å². The van der Waals surface area contributed by atoms with Crippen LogP contribution < -0.4 is 10.6 Å². The summed E-state index contributed by atoms with van der Waals surface area (Å²) in [5, 5.41) is 13.2. The summed E-state index contributed by atoms with van der Waals surface area (Å²) in [6, 6.07) is 4.54. The molecule has 9 heteroatoms. The summed E-state index contributed by atoms with van der Waals surface area (Å²) in [5.41, 5.74) is -0.260. The largest absolute Gasteiger partial charge is 0.416 e. The Balaban J connectivity index is 1.61. The van der Waals surface area contributed by atoms with Gasteiger partial charge in [-0.25, -0.2) is 0 Å². The van der Waals surface area contributed by atoms with Gasteiger partial charge in [0.05, 0.1) is 17.6 Å². The number of H-pyrrole nitrogens is 1. The first-order chi connectivity index (χ1) is 15.6. The first-order valence-electron chi connectivity index (χ1n) is 11.9. The van der Waals surface area contributed by atoms with E-state index in [1.807, 2.05) is 0 Å². The van der Waals surface area contributed by atoms with E-state index < -0.39 is 11.7 Å². The van der Waals surface area contributed by atoms with E-state index in [0.717, 1.165) is 50.7 Å². The van der Waals surface area contributed by atoms with E-state index >= 15 is 0 Å². The minimum absolute atomic E-state index is 0.0392. The number of carbonyl (C=O) groups excluding carboxylic acids is 1. The molecule has 0 saturated heterocycles. The van der Waals surface area contributed by atoms with Crippen LogP contribution in [0.4, 0.5) is 19.0 Å². The molecule has 1 amide bonds. The molecule has 1 fully saturated rings. The summed E-state index contributed by atoms with van der Waals surface area (Å²) in [6.45, 7) is 6.55. The van der Waals surface area contributed by atoms with Crippen molar-refractivity contribution in [1.29, 1.82) is 0 Å². The van der Waals surface area contributed by atoms with Gasteiger partial charge in [0.25, 0.3) is 0 Å². The van der Waals surface area contributed by atoms with E-state index in [9.17, 15) is 18.0 Å². The van der Waals surface area contributed by atoms with Crippen LogP contribution in [0.2, 0.25) is 0 Å². The number of rotatable bonds is 9. The summed E-state index contributed by atoms with van der Waals surface area (Å²) in [5.74, 6) is 0.505. The van der Waals surface area contributed by atoms with Gasteiger partial charge in [0.15, 0.2) is 5.82 Å². The summed E-state index contributed by atoms with van der Waals surface area (Å²) in [6.07, 6.45) is 1.95. The Kier molecular flexibility index (Phi) is 8.26. The van der Waals surface area contributed by atoms with Gasteiger partial charge < -0.3 is 15.5 Å². The number of fused-ring (bicyclic) bond motifs is 1. The Labute approximate surface area is 193 Å². The van der Waals surface area contributed by atoms with Gasteiger partial charge in [0.2, 0.25) is 5.91 Å². The number of aromatic amines is 1. The second kappa shape index (κ2) is 10.8. The summed E-state index contributed by atoms with van der Waals surface area (Å²) < 4.78 is 39.2. The van der Waals surface area contributed by atoms with Crippen LogP contribution in [0.3, 0.4) is 0 Å². The number of aromatic nitrogens is 2. The summed E-state index contributed by atoms with van der Waals surface area (Å²) in [7, 11) is 2.17. The maximum atomic E-state index is 13.1. The smallest absolute Gasteiger partial charge is 0.359 e. The van der Waals surface area contributed by atoms with Crippen molar-refractivity contribution in [3.8, 4) is 0 Å². The lowest BCUT2D eigenvalue weighted by Gasteiger charge is -2.42. The molecule has 0 aliphatic heterocycles. The molecule has 3 rings (SSSR count). The highest BCUT2D eigenvalue weighted by Crippen LogP contribution is 2.33. The normalized spacial score (nSPS) is 21.7. The molecular formula is C24H36F3N5O. The predicted octanol–water partition coefficient (Wildman–Crippen LogP) is 5.18. The monoisotopic (exact) mass is 467 g/mol. The third kappa shape index (κ3) is 6.40. The van der Waals surface area contributed by atoms with Crippen LogP contribution in [-0.2, 0) is 11.0 Å². The Morgan fingerprint density at radius 1 is 1.30 bits per heavy atom. The van der Waals surface area contributed by atoms with Crippen molar-refractivity contribution in [2.24, 2.45) is 5.92 Å². The SMILES string of the molecule is CCCC[C@@H]1C[C@H](N(C)C(C)C)CC[C@@H]1NC(=O)CNc1n[nH]c2ccc(C(F)(F)F)cc12. The molecule has 0 unspecified atom stereocenters. The van der Waals surface area contributed by atoms with Crippen molar-refractivity contribution in [2.45, 2.75) is 83.6 Å². The lowest BCUT2D eigenvalue weighted by Crippen LogP contribution is -2.50. The second-order valence-electron chi connectivity index (χ2n) is 9.49. The zero-order valence-electron chi connectivity index (χ0n) is 19.9. The second-order valence-corrected chi connectivity index (χ2v) is 9.49. The van der Waals surface area contributed by atoms with Crippen LogP contribution in [0.1, 0.15) is 64.9 Å². The number of anilines is 1. The van der Waals surface area contributed by atoms with Gasteiger partial charge in [-0.3, -0.25) is 9.89 Å². The number of halogens is 3. The van der Waals surface area contributed by atoms with Crippen LogP contribution >= 0.6 is 0 Å². The number of amides is 1. The van der Waals surface area contributed by atoms with Gasteiger partial charge in [-0.2, -0.15) is 18.3 Å². The zero-order valence-corrected chi connectivity index (χ0v) is 19.9. The van der Waals surface area contributed by atoms with E-state index in [1.54, 1.807) is 0 Å². The number of nitrogens with zero attached hydrogens (tertiary/aromatic N) is 2. The third-order valence-corrected chi connectivity index (χ3v) is 6.93. The van der Waals surface area contributed by atoms with E-state index in [4.69, 9.17) is 0 Å². The first-order valence-corrected chi connectivity index (χ1v) is 11.9. The molecule has 6 nitrogen and oxygen atoms in total. The van der Waals surface area contributed by atoms with Crippen molar-refractivity contribution in [3.63, 3.8) is 0 Å². The fourth-order valence-electron chi connectivity index (χ4n) is 4.75. The molecule has 1 saturated carbocycles. The highest BCUT2D eigenvalue weighted by molar-refractivity contribution is 5.92. The Bertz CT molecular complexity index is 926. The standard InChI is InChI=1S/C24H36F3N5O/c1-5-6-7-16-12-18(32(4)15(2)3)9-11-20(16)29-22(33)14-28-23-19-13-17(24(25,26)27)8-10-21(19)30-31-23/h8,10,13,15-16,18,20H,5-7,9,11-12,14H2,1-4H3,(H,29,33)(H2,28,30,31)/t16-,18-,20+/m1/s1. The average Bonchev–Trinajstić information content (AvgIpc) is 3.18. The first kappa shape index (κ1) is 25.3. The van der Waals surface area contributed by atoms with Crippen LogP contribution in [0.25, 0.3) is 10.9 Å². The molecule has 1 aromatic heterocycles. The fourth-order valence-corrected chi connectivity index (χ4v) is 4.75. The van der Waals surface area contributed by atoms with E-state index in [1.165, 1.54) is 6.07 Å².